The Labute approximate surface area is 143 Å². The largest absolute Gasteiger partial charge is 0.507 e. The lowest BCUT2D eigenvalue weighted by Crippen LogP contribution is -2.32. The Bertz CT molecular complexity index is 721. The van der Waals surface area contributed by atoms with Gasteiger partial charge in [0.1, 0.15) is 17.6 Å². The van der Waals surface area contributed by atoms with Gasteiger partial charge in [0, 0.05) is 17.7 Å². The molecule has 0 saturated carbocycles. The van der Waals surface area contributed by atoms with Gasteiger partial charge >= 0.3 is 5.97 Å². The summed E-state index contributed by atoms with van der Waals surface area (Å²) in [7, 11) is 0. The third-order valence-corrected chi connectivity index (χ3v) is 3.60. The molecule has 2 aromatic rings. The second-order valence-electron chi connectivity index (χ2n) is 4.78. The van der Waals surface area contributed by atoms with E-state index in [0.717, 1.165) is 0 Å². The number of rotatable bonds is 4. The minimum atomic E-state index is -1.18. The highest BCUT2D eigenvalue weighted by atomic mass is 35.5. The van der Waals surface area contributed by atoms with Gasteiger partial charge in [0.05, 0.1) is 10.6 Å². The zero-order chi connectivity index (χ0) is 16.4. The number of carboxylic acids is 1. The van der Waals surface area contributed by atoms with Crippen LogP contribution in [0.15, 0.2) is 30.3 Å². The molecule has 5 nitrogen and oxygen atoms in total. The van der Waals surface area contributed by atoms with Gasteiger partial charge in [0.25, 0.3) is 0 Å². The summed E-state index contributed by atoms with van der Waals surface area (Å²) in [6.07, 6.45) is -0.0550. The van der Waals surface area contributed by atoms with Crippen molar-refractivity contribution in [2.45, 2.75) is 12.5 Å². The van der Waals surface area contributed by atoms with Crippen LogP contribution in [0.1, 0.15) is 5.56 Å². The molecule has 0 aliphatic rings. The standard InChI is InChI=1S/C15H14ClFN2O3.ClH/c16-8-2-1-3-9(17)12(8)13-11(20)5-4-7(14(13)19)6-10(18)15(21)22;/h1-5,10,20H,6,18-19H2,(H,21,22);1H/t10-;/m0./s1. The Morgan fingerprint density at radius 1 is 1.26 bits per heavy atom. The number of phenolic OH excluding ortho intramolecular Hbond substituents is 1. The summed E-state index contributed by atoms with van der Waals surface area (Å²) < 4.78 is 14.0. The van der Waals surface area contributed by atoms with Crippen LogP contribution in [0.5, 0.6) is 5.75 Å². The zero-order valence-electron chi connectivity index (χ0n) is 11.8. The second-order valence-corrected chi connectivity index (χ2v) is 5.19. The third kappa shape index (κ3) is 3.85. The third-order valence-electron chi connectivity index (χ3n) is 3.28. The molecule has 0 fully saturated rings. The molecular formula is C15H15Cl2FN2O3. The Kier molecular flexibility index (Phi) is 6.20. The predicted octanol–water partition coefficient (Wildman–Crippen LogP) is 2.81. The molecule has 2 aromatic carbocycles. The van der Waals surface area contributed by atoms with Crippen LogP contribution in [0.3, 0.4) is 0 Å². The fourth-order valence-electron chi connectivity index (χ4n) is 2.15. The minimum Gasteiger partial charge on any atom is -0.507 e. The minimum absolute atomic E-state index is 0. The number of anilines is 1. The number of aliphatic carboxylic acids is 1. The Morgan fingerprint density at radius 2 is 1.91 bits per heavy atom. The van der Waals surface area contributed by atoms with E-state index in [-0.39, 0.29) is 46.4 Å². The normalized spacial score (nSPS) is 11.6. The highest BCUT2D eigenvalue weighted by Gasteiger charge is 2.21. The molecule has 0 bridgehead atoms. The van der Waals surface area contributed by atoms with E-state index in [2.05, 4.69) is 0 Å². The Hall–Kier alpha value is -2.02. The van der Waals surface area contributed by atoms with Crippen LogP contribution in [0.4, 0.5) is 10.1 Å². The molecule has 8 heteroatoms. The summed E-state index contributed by atoms with van der Waals surface area (Å²) in [5, 5.41) is 19.0. The molecule has 0 aliphatic carbocycles. The number of nitrogens with two attached hydrogens (primary N) is 2. The molecular weight excluding hydrogens is 346 g/mol. The van der Waals surface area contributed by atoms with E-state index in [0.29, 0.717) is 5.56 Å². The summed E-state index contributed by atoms with van der Waals surface area (Å²) in [6.45, 7) is 0. The highest BCUT2D eigenvalue weighted by Crippen LogP contribution is 2.41. The van der Waals surface area contributed by atoms with Gasteiger partial charge in [-0.15, -0.1) is 12.4 Å². The fraction of sp³-hybridized carbons (Fsp3) is 0.133. The lowest BCUT2D eigenvalue weighted by atomic mass is 9.95. The van der Waals surface area contributed by atoms with Gasteiger partial charge in [0.15, 0.2) is 0 Å². The second kappa shape index (κ2) is 7.50. The number of phenols is 1. The summed E-state index contributed by atoms with van der Waals surface area (Å²) >= 11 is 5.99. The summed E-state index contributed by atoms with van der Waals surface area (Å²) in [4.78, 5) is 10.8. The first-order chi connectivity index (χ1) is 10.3. The highest BCUT2D eigenvalue weighted by molar-refractivity contribution is 6.33. The zero-order valence-corrected chi connectivity index (χ0v) is 13.4. The maximum atomic E-state index is 14.0. The lowest BCUT2D eigenvalue weighted by Gasteiger charge is -2.16. The molecule has 0 heterocycles. The number of halogens is 3. The number of hydrogen-bond donors (Lipinski definition) is 4. The first-order valence-corrected chi connectivity index (χ1v) is 6.73. The summed E-state index contributed by atoms with van der Waals surface area (Å²) in [5.74, 6) is -2.08. The Morgan fingerprint density at radius 3 is 2.48 bits per heavy atom. The van der Waals surface area contributed by atoms with Crippen LogP contribution in [0.2, 0.25) is 5.02 Å². The molecule has 0 aliphatic heterocycles. The number of carbonyl (C=O) groups is 1. The molecule has 23 heavy (non-hydrogen) atoms. The molecule has 0 unspecified atom stereocenters. The van der Waals surface area contributed by atoms with Crippen molar-refractivity contribution < 1.29 is 19.4 Å². The van der Waals surface area contributed by atoms with Gasteiger partial charge in [0.2, 0.25) is 0 Å². The number of aromatic hydroxyl groups is 1. The molecule has 0 saturated heterocycles. The Balaban J connectivity index is 0.00000264. The van der Waals surface area contributed by atoms with E-state index in [1.165, 1.54) is 30.3 Å². The number of benzene rings is 2. The average Bonchev–Trinajstić information content (AvgIpc) is 2.44. The van der Waals surface area contributed by atoms with E-state index in [1.54, 1.807) is 0 Å². The quantitative estimate of drug-likeness (QED) is 0.626. The monoisotopic (exact) mass is 360 g/mol. The van der Waals surface area contributed by atoms with Crippen molar-refractivity contribution >= 4 is 35.7 Å². The first kappa shape index (κ1) is 19.0. The molecule has 0 radical (unpaired) electrons. The van der Waals surface area contributed by atoms with E-state index in [1.807, 2.05) is 0 Å². The van der Waals surface area contributed by atoms with Crippen LogP contribution in [-0.2, 0) is 11.2 Å². The van der Waals surface area contributed by atoms with Crippen molar-refractivity contribution in [2.24, 2.45) is 5.73 Å². The molecule has 6 N–H and O–H groups in total. The van der Waals surface area contributed by atoms with E-state index in [9.17, 15) is 14.3 Å². The number of hydrogen-bond acceptors (Lipinski definition) is 4. The van der Waals surface area contributed by atoms with Crippen molar-refractivity contribution in [3.05, 3.63) is 46.7 Å². The predicted molar refractivity (Wildman–Crippen MR) is 89.5 cm³/mol. The van der Waals surface area contributed by atoms with E-state index < -0.39 is 17.8 Å². The fourth-order valence-corrected chi connectivity index (χ4v) is 2.41. The maximum absolute atomic E-state index is 14.0. The first-order valence-electron chi connectivity index (χ1n) is 6.36. The number of carboxylic acid groups (broad SMARTS) is 1. The van der Waals surface area contributed by atoms with Gasteiger partial charge in [-0.3, -0.25) is 4.79 Å². The SMILES string of the molecule is Cl.Nc1c(C[C@H](N)C(=O)O)ccc(O)c1-c1c(F)cccc1Cl. The van der Waals surface area contributed by atoms with Crippen LogP contribution in [-0.4, -0.2) is 22.2 Å². The van der Waals surface area contributed by atoms with Crippen LogP contribution in [0, 0.1) is 5.82 Å². The van der Waals surface area contributed by atoms with E-state index in [4.69, 9.17) is 28.2 Å². The van der Waals surface area contributed by atoms with Gasteiger partial charge in [-0.2, -0.15) is 0 Å². The van der Waals surface area contributed by atoms with Crippen molar-refractivity contribution in [1.29, 1.82) is 0 Å². The van der Waals surface area contributed by atoms with Gasteiger partial charge in [-0.25, -0.2) is 4.39 Å². The topological polar surface area (TPSA) is 110 Å². The van der Waals surface area contributed by atoms with E-state index >= 15 is 0 Å². The smallest absolute Gasteiger partial charge is 0.320 e. The van der Waals surface area contributed by atoms with Crippen molar-refractivity contribution in [1.82, 2.24) is 0 Å². The van der Waals surface area contributed by atoms with Gasteiger partial charge < -0.3 is 21.7 Å². The summed E-state index contributed by atoms with van der Waals surface area (Å²) in [5.41, 5.74) is 11.9. The molecule has 124 valence electrons. The number of nitrogen functional groups attached to an aromatic ring is 1. The lowest BCUT2D eigenvalue weighted by molar-refractivity contribution is -0.138. The van der Waals surface area contributed by atoms with Crippen LogP contribution in [0.25, 0.3) is 11.1 Å². The van der Waals surface area contributed by atoms with Crippen molar-refractivity contribution in [3.63, 3.8) is 0 Å². The molecule has 1 atom stereocenters. The molecule has 0 amide bonds. The van der Waals surface area contributed by atoms with Crippen molar-refractivity contribution in [3.8, 4) is 16.9 Å². The molecule has 0 spiro atoms. The molecule has 0 aromatic heterocycles. The van der Waals surface area contributed by atoms with Crippen molar-refractivity contribution in [2.75, 3.05) is 5.73 Å². The van der Waals surface area contributed by atoms with Gasteiger partial charge in [-0.1, -0.05) is 23.7 Å². The maximum Gasteiger partial charge on any atom is 0.320 e. The van der Waals surface area contributed by atoms with Crippen LogP contribution < -0.4 is 11.5 Å². The van der Waals surface area contributed by atoms with Crippen LogP contribution >= 0.6 is 24.0 Å². The average molecular weight is 361 g/mol. The summed E-state index contributed by atoms with van der Waals surface area (Å²) in [6, 6.07) is 5.68. The van der Waals surface area contributed by atoms with Gasteiger partial charge in [-0.05, 0) is 23.8 Å². The molecule has 2 rings (SSSR count).